The fraction of sp³-hybridized carbons (Fsp3) is 0.867. The Hall–Kier alpha value is -0.900. The smallest absolute Gasteiger partial charge is 0.322 e. The van der Waals surface area contributed by atoms with E-state index in [-0.39, 0.29) is 11.8 Å². The monoisotopic (exact) mass is 268 g/mol. The number of ether oxygens (including phenoxy) is 2. The number of esters is 1. The van der Waals surface area contributed by atoms with Crippen LogP contribution in [-0.4, -0.2) is 30.6 Å². The zero-order chi connectivity index (χ0) is 13.9. The molecule has 0 aromatic heterocycles. The van der Waals surface area contributed by atoms with Gasteiger partial charge in [-0.3, -0.25) is 9.59 Å². The summed E-state index contributed by atoms with van der Waals surface area (Å²) in [5.41, 5.74) is -1.58. The lowest BCUT2D eigenvalue weighted by atomic mass is 9.76. The molecule has 2 atom stereocenters. The molecule has 0 saturated heterocycles. The van der Waals surface area contributed by atoms with Gasteiger partial charge in [0.1, 0.15) is 0 Å². The van der Waals surface area contributed by atoms with Crippen LogP contribution in [0.1, 0.15) is 58.8 Å². The molecule has 0 amide bonds. The van der Waals surface area contributed by atoms with E-state index in [1.807, 2.05) is 0 Å². The summed E-state index contributed by atoms with van der Waals surface area (Å²) in [6.07, 6.45) is 5.42. The molecule has 2 fully saturated rings. The van der Waals surface area contributed by atoms with Crippen LogP contribution in [0.25, 0.3) is 0 Å². The molecule has 0 heterocycles. The highest BCUT2D eigenvalue weighted by atomic mass is 16.5. The molecule has 0 aliphatic heterocycles. The lowest BCUT2D eigenvalue weighted by molar-refractivity contribution is -0.176. The maximum atomic E-state index is 12.4. The van der Waals surface area contributed by atoms with Crippen molar-refractivity contribution in [2.24, 2.45) is 5.41 Å². The van der Waals surface area contributed by atoms with E-state index >= 15 is 0 Å². The van der Waals surface area contributed by atoms with Crippen molar-refractivity contribution in [3.05, 3.63) is 0 Å². The van der Waals surface area contributed by atoms with Crippen LogP contribution in [0.4, 0.5) is 0 Å². The minimum Gasteiger partial charge on any atom is -0.465 e. The van der Waals surface area contributed by atoms with Crippen LogP contribution in [0.5, 0.6) is 0 Å². The second-order valence-electron chi connectivity index (χ2n) is 5.60. The Balaban J connectivity index is 2.24. The van der Waals surface area contributed by atoms with Crippen molar-refractivity contribution < 1.29 is 19.1 Å². The van der Waals surface area contributed by atoms with Crippen LogP contribution >= 0.6 is 0 Å². The van der Waals surface area contributed by atoms with Gasteiger partial charge in [-0.05, 0) is 39.0 Å². The van der Waals surface area contributed by atoms with Crippen LogP contribution in [-0.2, 0) is 19.1 Å². The number of Topliss-reactive ketones (excluding diaryl/α,β-unsaturated/α-hetero) is 1. The molecule has 2 aliphatic rings. The molecule has 0 unspecified atom stereocenters. The van der Waals surface area contributed by atoms with Gasteiger partial charge in [-0.15, -0.1) is 0 Å². The summed E-state index contributed by atoms with van der Waals surface area (Å²) < 4.78 is 11.3. The van der Waals surface area contributed by atoms with Crippen molar-refractivity contribution in [1.29, 1.82) is 0 Å². The first-order chi connectivity index (χ1) is 9.13. The molecule has 4 heteroatoms. The number of rotatable bonds is 6. The van der Waals surface area contributed by atoms with Crippen molar-refractivity contribution in [3.8, 4) is 0 Å². The van der Waals surface area contributed by atoms with Crippen LogP contribution < -0.4 is 0 Å². The largest absolute Gasteiger partial charge is 0.465 e. The van der Waals surface area contributed by atoms with E-state index in [0.29, 0.717) is 32.5 Å². The van der Waals surface area contributed by atoms with E-state index in [4.69, 9.17) is 9.47 Å². The number of hydrogen-bond acceptors (Lipinski definition) is 4. The molecule has 0 N–H and O–H groups in total. The zero-order valence-corrected chi connectivity index (χ0v) is 12.0. The van der Waals surface area contributed by atoms with Gasteiger partial charge in [0.15, 0.2) is 11.2 Å². The predicted octanol–water partition coefficient (Wildman–Crippen LogP) is 2.64. The third-order valence-corrected chi connectivity index (χ3v) is 4.64. The summed E-state index contributed by atoms with van der Waals surface area (Å²) in [6.45, 7) is 4.83. The Morgan fingerprint density at radius 1 is 1.26 bits per heavy atom. The lowest BCUT2D eigenvalue weighted by Crippen LogP contribution is -2.51. The highest BCUT2D eigenvalue weighted by Crippen LogP contribution is 2.57. The van der Waals surface area contributed by atoms with Gasteiger partial charge in [0.25, 0.3) is 0 Å². The Morgan fingerprint density at radius 2 is 2.05 bits per heavy atom. The lowest BCUT2D eigenvalue weighted by Gasteiger charge is -2.37. The third-order valence-electron chi connectivity index (χ3n) is 4.64. The van der Waals surface area contributed by atoms with Gasteiger partial charge < -0.3 is 9.47 Å². The molecule has 108 valence electrons. The SMILES string of the molecule is CCCCO[C@@]12CCC[C@]1(C(=O)OCC)C(=O)CC2. The van der Waals surface area contributed by atoms with Crippen molar-refractivity contribution in [2.75, 3.05) is 13.2 Å². The Morgan fingerprint density at radius 3 is 2.74 bits per heavy atom. The standard InChI is InChI=1S/C15H24O4/c1-3-5-11-19-14-8-6-9-15(14,12(16)7-10-14)13(17)18-4-2/h3-11H2,1-2H3/t14-,15-/m1/s1. The van der Waals surface area contributed by atoms with Gasteiger partial charge in [-0.2, -0.15) is 0 Å². The molecule has 0 radical (unpaired) electrons. The van der Waals surface area contributed by atoms with Crippen molar-refractivity contribution >= 4 is 11.8 Å². The zero-order valence-electron chi connectivity index (χ0n) is 12.0. The third kappa shape index (κ3) is 2.10. The quantitative estimate of drug-likeness (QED) is 0.422. The van der Waals surface area contributed by atoms with E-state index < -0.39 is 11.0 Å². The van der Waals surface area contributed by atoms with E-state index in [1.54, 1.807) is 6.92 Å². The number of hydrogen-bond donors (Lipinski definition) is 0. The fourth-order valence-electron chi connectivity index (χ4n) is 3.68. The summed E-state index contributed by atoms with van der Waals surface area (Å²) in [4.78, 5) is 24.7. The van der Waals surface area contributed by atoms with Gasteiger partial charge in [0.2, 0.25) is 0 Å². The number of ketones is 1. The minimum absolute atomic E-state index is 0.0277. The average molecular weight is 268 g/mol. The molecular weight excluding hydrogens is 244 g/mol. The second kappa shape index (κ2) is 5.61. The molecule has 19 heavy (non-hydrogen) atoms. The summed E-state index contributed by atoms with van der Waals surface area (Å²) >= 11 is 0. The van der Waals surface area contributed by atoms with Gasteiger partial charge >= 0.3 is 5.97 Å². The van der Waals surface area contributed by atoms with Crippen molar-refractivity contribution in [3.63, 3.8) is 0 Å². The maximum absolute atomic E-state index is 12.4. The number of carbonyl (C=O) groups excluding carboxylic acids is 2. The summed E-state index contributed by atoms with van der Waals surface area (Å²) in [5.74, 6) is -0.327. The van der Waals surface area contributed by atoms with Crippen LogP contribution in [0, 0.1) is 5.41 Å². The molecule has 2 rings (SSSR count). The molecule has 0 aromatic rings. The number of unbranched alkanes of at least 4 members (excludes halogenated alkanes) is 1. The van der Waals surface area contributed by atoms with Crippen LogP contribution in [0.2, 0.25) is 0 Å². The molecule has 0 aromatic carbocycles. The molecule has 2 aliphatic carbocycles. The van der Waals surface area contributed by atoms with E-state index in [2.05, 4.69) is 6.92 Å². The molecule has 2 saturated carbocycles. The van der Waals surface area contributed by atoms with Crippen molar-refractivity contribution in [2.45, 2.75) is 64.4 Å². The Kier molecular flexibility index (Phi) is 4.29. The van der Waals surface area contributed by atoms with Crippen LogP contribution in [0.15, 0.2) is 0 Å². The minimum atomic E-state index is -1.00. The summed E-state index contributed by atoms with van der Waals surface area (Å²) in [5, 5.41) is 0. The first kappa shape index (κ1) is 14.5. The van der Waals surface area contributed by atoms with Gasteiger partial charge in [-0.1, -0.05) is 13.3 Å². The highest BCUT2D eigenvalue weighted by molar-refractivity contribution is 6.07. The van der Waals surface area contributed by atoms with E-state index in [0.717, 1.165) is 25.7 Å². The highest BCUT2D eigenvalue weighted by Gasteiger charge is 2.68. The van der Waals surface area contributed by atoms with E-state index in [9.17, 15) is 9.59 Å². The summed E-state index contributed by atoms with van der Waals surface area (Å²) in [7, 11) is 0. The topological polar surface area (TPSA) is 52.6 Å². The van der Waals surface area contributed by atoms with Gasteiger partial charge in [0, 0.05) is 13.0 Å². The Bertz CT molecular complexity index is 365. The number of carbonyl (C=O) groups is 2. The normalized spacial score (nSPS) is 33.5. The van der Waals surface area contributed by atoms with Crippen LogP contribution in [0.3, 0.4) is 0 Å². The average Bonchev–Trinajstić information content (AvgIpc) is 2.88. The first-order valence-electron chi connectivity index (χ1n) is 7.47. The van der Waals surface area contributed by atoms with E-state index in [1.165, 1.54) is 0 Å². The fourth-order valence-corrected chi connectivity index (χ4v) is 3.68. The van der Waals surface area contributed by atoms with Crippen molar-refractivity contribution in [1.82, 2.24) is 0 Å². The second-order valence-corrected chi connectivity index (χ2v) is 5.60. The molecule has 0 spiro atoms. The Labute approximate surface area is 114 Å². The van der Waals surface area contributed by atoms with Gasteiger partial charge in [-0.25, -0.2) is 0 Å². The first-order valence-corrected chi connectivity index (χ1v) is 7.47. The summed E-state index contributed by atoms with van der Waals surface area (Å²) in [6, 6.07) is 0. The molecule has 4 nitrogen and oxygen atoms in total. The molecule has 0 bridgehead atoms. The maximum Gasteiger partial charge on any atom is 0.322 e. The van der Waals surface area contributed by atoms with Gasteiger partial charge in [0.05, 0.1) is 12.2 Å². The molecular formula is C15H24O4. The number of fused-ring (bicyclic) bond motifs is 1. The predicted molar refractivity (Wildman–Crippen MR) is 70.7 cm³/mol.